The van der Waals surface area contributed by atoms with E-state index in [0.717, 1.165) is 0 Å². The lowest BCUT2D eigenvalue weighted by molar-refractivity contribution is 0.139. The third kappa shape index (κ3) is 1.26. The summed E-state index contributed by atoms with van der Waals surface area (Å²) in [6, 6.07) is 2.91. The van der Waals surface area contributed by atoms with Gasteiger partial charge in [-0.1, -0.05) is 0 Å². The fourth-order valence-corrected chi connectivity index (χ4v) is 1.17. The number of hydrogen-bond acceptors (Lipinski definition) is 5. The maximum atomic E-state index is 10.3. The maximum absolute atomic E-state index is 10.3. The fourth-order valence-electron chi connectivity index (χ4n) is 1.17. The van der Waals surface area contributed by atoms with Gasteiger partial charge in [0.1, 0.15) is 0 Å². The molecule has 1 aliphatic heterocycles. The first-order chi connectivity index (χ1) is 6.68. The second-order valence-corrected chi connectivity index (χ2v) is 2.59. The zero-order valence-corrected chi connectivity index (χ0v) is 7.02. The quantitative estimate of drug-likeness (QED) is 0.397. The molecule has 0 atom stereocenters. The third-order valence-electron chi connectivity index (χ3n) is 1.71. The standard InChI is InChI=1S/C8H7NO5/c9-4-1-2-5(14-8(10)11)7-6(4)12-3-13-7/h1-2H,3,9H2,(H,10,11). The van der Waals surface area contributed by atoms with Crippen LogP contribution in [-0.4, -0.2) is 18.1 Å². The Morgan fingerprint density at radius 2 is 2.14 bits per heavy atom. The van der Waals surface area contributed by atoms with Crippen LogP contribution in [0.2, 0.25) is 0 Å². The molecule has 0 fully saturated rings. The normalized spacial score (nSPS) is 12.6. The summed E-state index contributed by atoms with van der Waals surface area (Å²) in [5.41, 5.74) is 5.95. The van der Waals surface area contributed by atoms with Crippen LogP contribution in [0.3, 0.4) is 0 Å². The van der Waals surface area contributed by atoms with E-state index in [-0.39, 0.29) is 18.3 Å². The summed E-state index contributed by atoms with van der Waals surface area (Å²) in [4.78, 5) is 10.3. The number of rotatable bonds is 1. The molecule has 0 amide bonds. The summed E-state index contributed by atoms with van der Waals surface area (Å²) in [5.74, 6) is 0.635. The van der Waals surface area contributed by atoms with Crippen molar-refractivity contribution in [3.63, 3.8) is 0 Å². The smallest absolute Gasteiger partial charge is 0.451 e. The highest BCUT2D eigenvalue weighted by Crippen LogP contribution is 2.44. The SMILES string of the molecule is Nc1ccc(OC(=O)O)c2c1OCO2. The first kappa shape index (κ1) is 8.49. The van der Waals surface area contributed by atoms with Crippen LogP contribution in [0.4, 0.5) is 10.5 Å². The van der Waals surface area contributed by atoms with E-state index >= 15 is 0 Å². The molecular weight excluding hydrogens is 190 g/mol. The number of nitrogen functional groups attached to an aromatic ring is 1. The van der Waals surface area contributed by atoms with Gasteiger partial charge in [-0.05, 0) is 12.1 Å². The van der Waals surface area contributed by atoms with E-state index in [2.05, 4.69) is 4.74 Å². The topological polar surface area (TPSA) is 91.0 Å². The summed E-state index contributed by atoms with van der Waals surface area (Å²) in [6.07, 6.45) is -1.41. The highest BCUT2D eigenvalue weighted by molar-refractivity contribution is 5.70. The molecule has 1 aromatic carbocycles. The van der Waals surface area contributed by atoms with E-state index in [4.69, 9.17) is 20.3 Å². The molecular formula is C8H7NO5. The molecule has 0 aliphatic carbocycles. The van der Waals surface area contributed by atoms with Gasteiger partial charge in [0.25, 0.3) is 0 Å². The van der Waals surface area contributed by atoms with Crippen molar-refractivity contribution in [1.82, 2.24) is 0 Å². The number of carbonyl (C=O) groups is 1. The first-order valence-electron chi connectivity index (χ1n) is 3.77. The molecule has 0 spiro atoms. The largest absolute Gasteiger partial charge is 0.511 e. The van der Waals surface area contributed by atoms with Crippen molar-refractivity contribution in [2.75, 3.05) is 12.5 Å². The van der Waals surface area contributed by atoms with Crippen molar-refractivity contribution in [2.24, 2.45) is 0 Å². The minimum Gasteiger partial charge on any atom is -0.451 e. The van der Waals surface area contributed by atoms with Crippen molar-refractivity contribution < 1.29 is 24.1 Å². The Kier molecular flexibility index (Phi) is 1.81. The minimum absolute atomic E-state index is 0.0134. The molecule has 74 valence electrons. The summed E-state index contributed by atoms with van der Waals surface area (Å²) in [5, 5.41) is 8.42. The molecule has 1 aromatic rings. The lowest BCUT2D eigenvalue weighted by atomic mass is 10.2. The molecule has 1 aliphatic rings. The molecule has 0 aromatic heterocycles. The Hall–Kier alpha value is -2.11. The highest BCUT2D eigenvalue weighted by atomic mass is 16.7. The highest BCUT2D eigenvalue weighted by Gasteiger charge is 2.23. The van der Waals surface area contributed by atoms with Crippen molar-refractivity contribution in [1.29, 1.82) is 0 Å². The Balaban J connectivity index is 2.43. The van der Waals surface area contributed by atoms with Crippen LogP contribution in [0.15, 0.2) is 12.1 Å². The fraction of sp³-hybridized carbons (Fsp3) is 0.125. The van der Waals surface area contributed by atoms with Gasteiger partial charge in [0.15, 0.2) is 11.5 Å². The van der Waals surface area contributed by atoms with Crippen LogP contribution in [0.1, 0.15) is 0 Å². The summed E-state index contributed by atoms with van der Waals surface area (Å²) in [6.45, 7) is 0.0134. The van der Waals surface area contributed by atoms with E-state index in [1.165, 1.54) is 12.1 Å². The van der Waals surface area contributed by atoms with Crippen LogP contribution < -0.4 is 19.9 Å². The number of hydrogen-bond donors (Lipinski definition) is 2. The van der Waals surface area contributed by atoms with Gasteiger partial charge in [-0.3, -0.25) is 0 Å². The minimum atomic E-state index is -1.41. The molecule has 6 heteroatoms. The van der Waals surface area contributed by atoms with Crippen molar-refractivity contribution in [3.05, 3.63) is 12.1 Å². The maximum Gasteiger partial charge on any atom is 0.511 e. The Morgan fingerprint density at radius 3 is 2.86 bits per heavy atom. The van der Waals surface area contributed by atoms with Gasteiger partial charge in [-0.2, -0.15) is 0 Å². The number of nitrogens with two attached hydrogens (primary N) is 1. The average Bonchev–Trinajstić information content (AvgIpc) is 2.58. The molecule has 0 saturated heterocycles. The van der Waals surface area contributed by atoms with Gasteiger partial charge in [0.05, 0.1) is 5.69 Å². The predicted octanol–water partition coefficient (Wildman–Crippen LogP) is 1.05. The molecule has 1 heterocycles. The number of benzene rings is 1. The molecule has 0 radical (unpaired) electrons. The van der Waals surface area contributed by atoms with Crippen molar-refractivity contribution in [2.45, 2.75) is 0 Å². The zero-order valence-electron chi connectivity index (χ0n) is 7.02. The molecule has 14 heavy (non-hydrogen) atoms. The number of fused-ring (bicyclic) bond motifs is 1. The molecule has 2 rings (SSSR count). The van der Waals surface area contributed by atoms with Gasteiger partial charge >= 0.3 is 6.16 Å². The monoisotopic (exact) mass is 197 g/mol. The van der Waals surface area contributed by atoms with Gasteiger partial charge in [0, 0.05) is 0 Å². The third-order valence-corrected chi connectivity index (χ3v) is 1.71. The van der Waals surface area contributed by atoms with E-state index in [9.17, 15) is 4.79 Å². The van der Waals surface area contributed by atoms with Gasteiger partial charge in [-0.25, -0.2) is 4.79 Å². The average molecular weight is 197 g/mol. The zero-order chi connectivity index (χ0) is 10.1. The van der Waals surface area contributed by atoms with E-state index in [1.807, 2.05) is 0 Å². The molecule has 6 nitrogen and oxygen atoms in total. The van der Waals surface area contributed by atoms with Gasteiger partial charge < -0.3 is 25.1 Å². The van der Waals surface area contributed by atoms with E-state index < -0.39 is 6.16 Å². The Morgan fingerprint density at radius 1 is 1.43 bits per heavy atom. The van der Waals surface area contributed by atoms with E-state index in [1.54, 1.807) is 0 Å². The van der Waals surface area contributed by atoms with Crippen LogP contribution in [0, 0.1) is 0 Å². The number of carboxylic acid groups (broad SMARTS) is 1. The number of anilines is 1. The predicted molar refractivity (Wildman–Crippen MR) is 45.6 cm³/mol. The molecule has 0 bridgehead atoms. The van der Waals surface area contributed by atoms with Gasteiger partial charge in [0.2, 0.25) is 12.5 Å². The van der Waals surface area contributed by atoms with Crippen molar-refractivity contribution in [3.8, 4) is 17.2 Å². The molecule has 0 saturated carbocycles. The summed E-state index contributed by atoms with van der Waals surface area (Å²) >= 11 is 0. The van der Waals surface area contributed by atoms with E-state index in [0.29, 0.717) is 11.4 Å². The van der Waals surface area contributed by atoms with Crippen LogP contribution >= 0.6 is 0 Å². The van der Waals surface area contributed by atoms with Gasteiger partial charge in [-0.15, -0.1) is 0 Å². The lowest BCUT2D eigenvalue weighted by Crippen LogP contribution is -2.04. The Labute approximate surface area is 78.8 Å². The van der Waals surface area contributed by atoms with Crippen LogP contribution in [0.25, 0.3) is 0 Å². The number of ether oxygens (including phenoxy) is 3. The first-order valence-corrected chi connectivity index (χ1v) is 3.77. The summed E-state index contributed by atoms with van der Waals surface area (Å²) < 4.78 is 14.5. The molecule has 3 N–H and O–H groups in total. The molecule has 0 unspecified atom stereocenters. The summed E-state index contributed by atoms with van der Waals surface area (Å²) in [7, 11) is 0. The second kappa shape index (κ2) is 2.99. The Bertz CT molecular complexity index is 390. The second-order valence-electron chi connectivity index (χ2n) is 2.59. The lowest BCUT2D eigenvalue weighted by Gasteiger charge is -2.05. The van der Waals surface area contributed by atoms with Crippen molar-refractivity contribution >= 4 is 11.8 Å². The van der Waals surface area contributed by atoms with Crippen LogP contribution in [0.5, 0.6) is 17.2 Å². The van der Waals surface area contributed by atoms with Crippen LogP contribution in [-0.2, 0) is 0 Å².